The fourth-order valence-electron chi connectivity index (χ4n) is 1.33. The normalized spacial score (nSPS) is 17.9. The standard InChI is InChI=1S/C12H8ClNO3S/c13-11-8-9(6-7-12(11)15)14-18(16,17)10-4-2-1-3-5-10/h1-8H/b14-9+. The number of halogens is 1. The van der Waals surface area contributed by atoms with Crippen LogP contribution in [0.5, 0.6) is 0 Å². The molecule has 4 nitrogen and oxygen atoms in total. The molecular formula is C12H8ClNO3S. The van der Waals surface area contributed by atoms with Crippen molar-refractivity contribution in [2.45, 2.75) is 4.90 Å². The van der Waals surface area contributed by atoms with Gasteiger partial charge >= 0.3 is 0 Å². The molecule has 92 valence electrons. The van der Waals surface area contributed by atoms with Gasteiger partial charge in [-0.3, -0.25) is 4.79 Å². The molecule has 0 atom stereocenters. The minimum Gasteiger partial charge on any atom is -0.288 e. The highest BCUT2D eigenvalue weighted by atomic mass is 35.5. The van der Waals surface area contributed by atoms with Gasteiger partial charge in [0, 0.05) is 0 Å². The molecule has 0 aromatic heterocycles. The Balaban J connectivity index is 2.41. The first kappa shape index (κ1) is 12.7. The first-order chi connectivity index (χ1) is 8.49. The van der Waals surface area contributed by atoms with Gasteiger partial charge in [-0.1, -0.05) is 29.8 Å². The minimum atomic E-state index is -3.78. The van der Waals surface area contributed by atoms with Crippen molar-refractivity contribution in [2.75, 3.05) is 0 Å². The predicted octanol–water partition coefficient (Wildman–Crippen LogP) is 2.08. The highest BCUT2D eigenvalue weighted by Gasteiger charge is 2.15. The highest BCUT2D eigenvalue weighted by Crippen LogP contribution is 2.15. The van der Waals surface area contributed by atoms with E-state index in [1.807, 2.05) is 0 Å². The Morgan fingerprint density at radius 2 is 1.72 bits per heavy atom. The molecule has 0 bridgehead atoms. The topological polar surface area (TPSA) is 63.6 Å². The van der Waals surface area contributed by atoms with Crippen molar-refractivity contribution in [2.24, 2.45) is 4.40 Å². The lowest BCUT2D eigenvalue weighted by Gasteiger charge is -2.03. The van der Waals surface area contributed by atoms with Gasteiger partial charge in [-0.25, -0.2) is 0 Å². The van der Waals surface area contributed by atoms with Crippen LogP contribution in [0.25, 0.3) is 0 Å². The maximum Gasteiger partial charge on any atom is 0.282 e. The van der Waals surface area contributed by atoms with Crippen molar-refractivity contribution in [3.8, 4) is 0 Å². The SMILES string of the molecule is O=C1C=C/C(=N\S(=O)(=O)c2ccccc2)C=C1Cl. The number of allylic oxidation sites excluding steroid dienone is 4. The van der Waals surface area contributed by atoms with Crippen molar-refractivity contribution < 1.29 is 13.2 Å². The second kappa shape index (κ2) is 4.88. The van der Waals surface area contributed by atoms with Gasteiger partial charge in [-0.15, -0.1) is 0 Å². The van der Waals surface area contributed by atoms with Gasteiger partial charge < -0.3 is 0 Å². The van der Waals surface area contributed by atoms with Crippen LogP contribution in [0, 0.1) is 0 Å². The third-order valence-electron chi connectivity index (χ3n) is 2.18. The monoisotopic (exact) mass is 281 g/mol. The highest BCUT2D eigenvalue weighted by molar-refractivity contribution is 7.90. The molecular weight excluding hydrogens is 274 g/mol. The maximum absolute atomic E-state index is 11.9. The van der Waals surface area contributed by atoms with E-state index in [9.17, 15) is 13.2 Å². The third kappa shape index (κ3) is 2.75. The summed E-state index contributed by atoms with van der Waals surface area (Å²) in [6, 6.07) is 7.82. The average Bonchev–Trinajstić information content (AvgIpc) is 2.35. The number of benzene rings is 1. The van der Waals surface area contributed by atoms with Crippen molar-refractivity contribution in [3.63, 3.8) is 0 Å². The van der Waals surface area contributed by atoms with Crippen molar-refractivity contribution in [1.82, 2.24) is 0 Å². The Morgan fingerprint density at radius 1 is 1.06 bits per heavy atom. The van der Waals surface area contributed by atoms with Gasteiger partial charge in [0.15, 0.2) is 5.78 Å². The number of hydrogen-bond acceptors (Lipinski definition) is 3. The molecule has 6 heteroatoms. The number of nitrogens with zero attached hydrogens (tertiary/aromatic N) is 1. The Hall–Kier alpha value is -1.72. The Morgan fingerprint density at radius 3 is 2.33 bits per heavy atom. The van der Waals surface area contributed by atoms with Crippen molar-refractivity contribution >= 4 is 33.1 Å². The van der Waals surface area contributed by atoms with E-state index in [1.165, 1.54) is 30.4 Å². The summed E-state index contributed by atoms with van der Waals surface area (Å²) >= 11 is 5.62. The van der Waals surface area contributed by atoms with E-state index in [1.54, 1.807) is 18.2 Å². The molecule has 0 amide bonds. The van der Waals surface area contributed by atoms with E-state index in [0.717, 1.165) is 0 Å². The van der Waals surface area contributed by atoms with E-state index >= 15 is 0 Å². The summed E-state index contributed by atoms with van der Waals surface area (Å²) in [5, 5.41) is -0.0560. The molecule has 18 heavy (non-hydrogen) atoms. The van der Waals surface area contributed by atoms with Crippen LogP contribution < -0.4 is 0 Å². The van der Waals surface area contributed by atoms with Crippen LogP contribution in [0.3, 0.4) is 0 Å². The third-order valence-corrected chi connectivity index (χ3v) is 3.80. The maximum atomic E-state index is 11.9. The summed E-state index contributed by atoms with van der Waals surface area (Å²) in [6.07, 6.45) is 3.72. The molecule has 0 spiro atoms. The largest absolute Gasteiger partial charge is 0.288 e. The lowest BCUT2D eigenvalue weighted by molar-refractivity contribution is -0.110. The number of sulfonamides is 1. The Kier molecular flexibility index (Phi) is 3.45. The van der Waals surface area contributed by atoms with Crippen LogP contribution in [0.4, 0.5) is 0 Å². The zero-order chi connectivity index (χ0) is 13.2. The fourth-order valence-corrected chi connectivity index (χ4v) is 2.50. The Labute approximate surface area is 109 Å². The second-order valence-electron chi connectivity index (χ2n) is 3.49. The van der Waals surface area contributed by atoms with Crippen molar-refractivity contribution in [3.05, 3.63) is 53.6 Å². The van der Waals surface area contributed by atoms with Gasteiger partial charge in [-0.05, 0) is 30.4 Å². The molecule has 1 aliphatic rings. The van der Waals surface area contributed by atoms with Crippen LogP contribution >= 0.6 is 11.6 Å². The smallest absolute Gasteiger partial charge is 0.282 e. The van der Waals surface area contributed by atoms with E-state index < -0.39 is 10.0 Å². The Bertz CT molecular complexity index is 673. The quantitative estimate of drug-likeness (QED) is 0.780. The molecule has 1 aliphatic carbocycles. The fraction of sp³-hybridized carbons (Fsp3) is 0. The van der Waals surface area contributed by atoms with Crippen LogP contribution in [0.2, 0.25) is 0 Å². The van der Waals surface area contributed by atoms with Crippen LogP contribution in [0.15, 0.2) is 62.9 Å². The van der Waals surface area contributed by atoms with Gasteiger partial charge in [0.1, 0.15) is 0 Å². The first-order valence-corrected chi connectivity index (χ1v) is 6.80. The van der Waals surface area contributed by atoms with Gasteiger partial charge in [0.05, 0.1) is 15.6 Å². The van der Waals surface area contributed by atoms with E-state index in [2.05, 4.69) is 4.40 Å². The zero-order valence-electron chi connectivity index (χ0n) is 9.08. The number of ketones is 1. The molecule has 0 fully saturated rings. The molecule has 0 N–H and O–H groups in total. The lowest BCUT2D eigenvalue weighted by atomic mass is 10.2. The molecule has 0 radical (unpaired) electrons. The summed E-state index contributed by atoms with van der Waals surface area (Å²) in [7, 11) is -3.78. The van der Waals surface area contributed by atoms with E-state index in [0.29, 0.717) is 0 Å². The van der Waals surface area contributed by atoms with Gasteiger partial charge in [-0.2, -0.15) is 12.8 Å². The van der Waals surface area contributed by atoms with Gasteiger partial charge in [0.2, 0.25) is 0 Å². The summed E-state index contributed by atoms with van der Waals surface area (Å²) in [5.74, 6) is -0.368. The average molecular weight is 282 g/mol. The summed E-state index contributed by atoms with van der Waals surface area (Å²) < 4.78 is 27.4. The predicted molar refractivity (Wildman–Crippen MR) is 69.1 cm³/mol. The molecule has 0 unspecified atom stereocenters. The van der Waals surface area contributed by atoms with Gasteiger partial charge in [0.25, 0.3) is 10.0 Å². The van der Waals surface area contributed by atoms with Crippen molar-refractivity contribution in [1.29, 1.82) is 0 Å². The van der Waals surface area contributed by atoms with E-state index in [-0.39, 0.29) is 21.4 Å². The minimum absolute atomic E-state index is 0.0560. The molecule has 2 rings (SSSR count). The molecule has 0 saturated carbocycles. The summed E-state index contributed by atoms with van der Waals surface area (Å²) in [6.45, 7) is 0. The number of rotatable bonds is 2. The molecule has 1 aromatic rings. The first-order valence-electron chi connectivity index (χ1n) is 4.99. The summed E-state index contributed by atoms with van der Waals surface area (Å²) in [4.78, 5) is 11.2. The molecule has 0 saturated heterocycles. The zero-order valence-corrected chi connectivity index (χ0v) is 10.6. The number of carbonyl (C=O) groups is 1. The van der Waals surface area contributed by atoms with Crippen LogP contribution in [0.1, 0.15) is 0 Å². The number of hydrogen-bond donors (Lipinski definition) is 0. The molecule has 0 aliphatic heterocycles. The number of carbonyl (C=O) groups excluding carboxylic acids is 1. The molecule has 0 heterocycles. The summed E-state index contributed by atoms with van der Waals surface area (Å²) in [5.41, 5.74) is 0.128. The molecule has 1 aromatic carbocycles. The van der Waals surface area contributed by atoms with E-state index in [4.69, 9.17) is 11.6 Å². The second-order valence-corrected chi connectivity index (χ2v) is 5.51. The van der Waals surface area contributed by atoms with Crippen LogP contribution in [-0.4, -0.2) is 19.9 Å². The van der Waals surface area contributed by atoms with Crippen LogP contribution in [-0.2, 0) is 14.8 Å². The lowest BCUT2D eigenvalue weighted by Crippen LogP contribution is -2.07.